The van der Waals surface area contributed by atoms with Gasteiger partial charge in [-0.2, -0.15) is 13.5 Å². The summed E-state index contributed by atoms with van der Waals surface area (Å²) in [5, 5.41) is 4.12. The molecule has 2 rings (SSSR count). The molecule has 0 radical (unpaired) electrons. The average Bonchev–Trinajstić information content (AvgIpc) is 3.07. The number of aromatic nitrogens is 2. The number of hydrogen-bond acceptors (Lipinski definition) is 5. The molecular formula is C24H33ClN2O4S. The highest BCUT2D eigenvalue weighted by atomic mass is 35.5. The van der Waals surface area contributed by atoms with Crippen molar-refractivity contribution in [2.75, 3.05) is 0 Å². The Kier molecular flexibility index (Phi) is 8.34. The third-order valence-corrected chi connectivity index (χ3v) is 7.64. The van der Waals surface area contributed by atoms with Crippen molar-refractivity contribution in [3.8, 4) is 5.88 Å². The Hall–Kier alpha value is -2.12. The Morgan fingerprint density at radius 1 is 1.16 bits per heavy atom. The summed E-state index contributed by atoms with van der Waals surface area (Å²) in [5.41, 5.74) is 4.17. The average molecular weight is 481 g/mol. The van der Waals surface area contributed by atoms with Crippen LogP contribution in [0.1, 0.15) is 81.9 Å². The number of hydrogen-bond donors (Lipinski definition) is 0. The molecule has 2 aromatic rings. The third kappa shape index (κ3) is 5.44. The largest absolute Gasteiger partial charge is 0.361 e. The van der Waals surface area contributed by atoms with Crippen molar-refractivity contribution in [1.82, 2.24) is 9.78 Å². The Labute approximate surface area is 196 Å². The van der Waals surface area contributed by atoms with Crippen molar-refractivity contribution in [3.63, 3.8) is 0 Å². The Balaban J connectivity index is 2.66. The fourth-order valence-corrected chi connectivity index (χ4v) is 4.58. The predicted molar refractivity (Wildman–Crippen MR) is 130 cm³/mol. The normalized spacial score (nSPS) is 12.7. The molecule has 0 bridgehead atoms. The first-order valence-electron chi connectivity index (χ1n) is 10.8. The minimum Gasteiger partial charge on any atom is -0.361 e. The topological polar surface area (TPSA) is 78.3 Å². The van der Waals surface area contributed by atoms with E-state index in [-0.39, 0.29) is 23.1 Å². The number of carbonyl (C=O) groups is 1. The van der Waals surface area contributed by atoms with E-state index in [0.717, 1.165) is 22.3 Å². The van der Waals surface area contributed by atoms with Gasteiger partial charge in [0, 0.05) is 17.1 Å². The minimum absolute atomic E-state index is 0.0427. The molecule has 0 spiro atoms. The van der Waals surface area contributed by atoms with E-state index in [1.54, 1.807) is 26.0 Å². The molecule has 8 heteroatoms. The summed E-state index contributed by atoms with van der Waals surface area (Å²) in [6, 6.07) is 3.35. The maximum absolute atomic E-state index is 13.6. The highest BCUT2D eigenvalue weighted by Gasteiger charge is 2.29. The first-order valence-corrected chi connectivity index (χ1v) is 12.6. The van der Waals surface area contributed by atoms with Crippen LogP contribution in [0.25, 0.3) is 5.57 Å². The quantitative estimate of drug-likeness (QED) is 0.322. The number of benzene rings is 1. The summed E-state index contributed by atoms with van der Waals surface area (Å²) in [5.74, 6) is -0.221. The number of rotatable bonds is 9. The molecular weight excluding hydrogens is 448 g/mol. The van der Waals surface area contributed by atoms with Crippen LogP contribution < -0.4 is 4.18 Å². The van der Waals surface area contributed by atoms with Gasteiger partial charge in [-0.15, -0.1) is 0 Å². The van der Waals surface area contributed by atoms with E-state index in [1.165, 1.54) is 10.9 Å². The molecule has 0 saturated carbocycles. The number of carbonyl (C=O) groups excluding carboxylic acids is 1. The van der Waals surface area contributed by atoms with Gasteiger partial charge < -0.3 is 4.18 Å². The molecule has 1 heterocycles. The van der Waals surface area contributed by atoms with Gasteiger partial charge in [0.25, 0.3) is 0 Å². The van der Waals surface area contributed by atoms with E-state index < -0.39 is 15.4 Å². The summed E-state index contributed by atoms with van der Waals surface area (Å²) in [4.78, 5) is 13.6. The SMILES string of the molecule is CCC(C)S(=O)(=O)Oc1c(C(=O)c2ccc(Cl)c(C(C)=C(C)C)c2C)cnn1CC(C)C. The summed E-state index contributed by atoms with van der Waals surface area (Å²) in [7, 11) is -3.92. The van der Waals surface area contributed by atoms with Crippen LogP contribution in [0.4, 0.5) is 0 Å². The van der Waals surface area contributed by atoms with Crippen LogP contribution in [0.15, 0.2) is 23.9 Å². The lowest BCUT2D eigenvalue weighted by atomic mass is 9.92. The molecule has 1 aromatic heterocycles. The number of nitrogens with zero attached hydrogens (tertiary/aromatic N) is 2. The van der Waals surface area contributed by atoms with Crippen molar-refractivity contribution in [2.45, 2.75) is 73.6 Å². The van der Waals surface area contributed by atoms with Crippen LogP contribution in [0.3, 0.4) is 0 Å². The van der Waals surface area contributed by atoms with Crippen molar-refractivity contribution in [2.24, 2.45) is 5.92 Å². The van der Waals surface area contributed by atoms with Crippen molar-refractivity contribution in [3.05, 3.63) is 51.2 Å². The molecule has 1 unspecified atom stereocenters. The fraction of sp³-hybridized carbons (Fsp3) is 0.500. The van der Waals surface area contributed by atoms with E-state index in [0.29, 0.717) is 23.6 Å². The van der Waals surface area contributed by atoms with E-state index in [4.69, 9.17) is 15.8 Å². The van der Waals surface area contributed by atoms with E-state index in [1.807, 2.05) is 41.5 Å². The smallest absolute Gasteiger partial charge is 0.313 e. The predicted octanol–water partition coefficient (Wildman–Crippen LogP) is 6.05. The summed E-state index contributed by atoms with van der Waals surface area (Å²) < 4.78 is 32.4. The molecule has 0 fully saturated rings. The lowest BCUT2D eigenvalue weighted by Crippen LogP contribution is -2.25. The van der Waals surface area contributed by atoms with Gasteiger partial charge in [-0.3, -0.25) is 4.79 Å². The zero-order chi connectivity index (χ0) is 24.4. The van der Waals surface area contributed by atoms with Gasteiger partial charge in [0.1, 0.15) is 5.56 Å². The molecule has 32 heavy (non-hydrogen) atoms. The van der Waals surface area contributed by atoms with Crippen molar-refractivity contribution < 1.29 is 17.4 Å². The number of allylic oxidation sites excluding steroid dienone is 2. The Morgan fingerprint density at radius 3 is 2.31 bits per heavy atom. The Morgan fingerprint density at radius 2 is 1.78 bits per heavy atom. The Bertz CT molecular complexity index is 1140. The molecule has 6 nitrogen and oxygen atoms in total. The van der Waals surface area contributed by atoms with Gasteiger partial charge in [-0.1, -0.05) is 37.9 Å². The van der Waals surface area contributed by atoms with Crippen molar-refractivity contribution in [1.29, 1.82) is 0 Å². The van der Waals surface area contributed by atoms with Gasteiger partial charge >= 0.3 is 10.1 Å². The van der Waals surface area contributed by atoms with Gasteiger partial charge in [0.2, 0.25) is 5.88 Å². The van der Waals surface area contributed by atoms with Crippen LogP contribution >= 0.6 is 11.6 Å². The van der Waals surface area contributed by atoms with E-state index in [2.05, 4.69) is 5.10 Å². The van der Waals surface area contributed by atoms with Gasteiger partial charge in [-0.05, 0) is 75.8 Å². The minimum atomic E-state index is -3.92. The molecule has 0 aliphatic carbocycles. The maximum atomic E-state index is 13.6. The molecule has 0 amide bonds. The van der Waals surface area contributed by atoms with Gasteiger partial charge in [0.15, 0.2) is 5.78 Å². The molecule has 1 aromatic carbocycles. The van der Waals surface area contributed by atoms with Crippen LogP contribution in [-0.2, 0) is 16.7 Å². The standard InChI is InChI=1S/C24H33ClN2O4S/c1-9-16(6)32(29,30)31-24-20(12-26-27(24)13-14(2)3)23(28)19-10-11-21(25)22(18(19)8)17(7)15(4)5/h10-12,14,16H,9,13H2,1-8H3. The van der Waals surface area contributed by atoms with Crippen LogP contribution in [0.2, 0.25) is 5.02 Å². The summed E-state index contributed by atoms with van der Waals surface area (Å²) >= 11 is 6.46. The monoisotopic (exact) mass is 480 g/mol. The molecule has 176 valence electrons. The maximum Gasteiger partial charge on any atom is 0.313 e. The second-order valence-corrected chi connectivity index (χ2v) is 11.1. The second-order valence-electron chi connectivity index (χ2n) is 8.78. The summed E-state index contributed by atoms with van der Waals surface area (Å²) in [6.07, 6.45) is 1.78. The molecule has 0 aliphatic heterocycles. The zero-order valence-electron chi connectivity index (χ0n) is 20.1. The third-order valence-electron chi connectivity index (χ3n) is 5.62. The highest BCUT2D eigenvalue weighted by molar-refractivity contribution is 7.87. The zero-order valence-corrected chi connectivity index (χ0v) is 21.7. The molecule has 1 atom stereocenters. The van der Waals surface area contributed by atoms with E-state index in [9.17, 15) is 13.2 Å². The second kappa shape index (κ2) is 10.2. The lowest BCUT2D eigenvalue weighted by Gasteiger charge is -2.17. The van der Waals surface area contributed by atoms with Crippen LogP contribution in [0, 0.1) is 12.8 Å². The molecule has 0 aliphatic rings. The summed E-state index contributed by atoms with van der Waals surface area (Å²) in [6.45, 7) is 15.5. The fourth-order valence-electron chi connectivity index (χ4n) is 3.27. The van der Waals surface area contributed by atoms with Gasteiger partial charge in [-0.25, -0.2) is 4.68 Å². The first kappa shape index (κ1) is 26.1. The molecule has 0 N–H and O–H groups in total. The van der Waals surface area contributed by atoms with Crippen molar-refractivity contribution >= 4 is 33.1 Å². The lowest BCUT2D eigenvalue weighted by molar-refractivity contribution is 0.103. The van der Waals surface area contributed by atoms with E-state index >= 15 is 0 Å². The number of ketones is 1. The highest BCUT2D eigenvalue weighted by Crippen LogP contribution is 2.34. The number of halogens is 1. The first-order chi connectivity index (χ1) is 14.8. The van der Waals surface area contributed by atoms with Crippen LogP contribution in [-0.4, -0.2) is 29.2 Å². The van der Waals surface area contributed by atoms with Crippen LogP contribution in [0.5, 0.6) is 5.88 Å². The van der Waals surface area contributed by atoms with Gasteiger partial charge in [0.05, 0.1) is 11.4 Å². The molecule has 0 saturated heterocycles.